The second-order valence-corrected chi connectivity index (χ2v) is 7.77. The third-order valence-electron chi connectivity index (χ3n) is 1.89. The summed E-state index contributed by atoms with van der Waals surface area (Å²) in [5.74, 6) is -1.18. The summed E-state index contributed by atoms with van der Waals surface area (Å²) in [4.78, 5) is 11.2. The maximum absolute atomic E-state index is 12.0. The van der Waals surface area contributed by atoms with E-state index < -0.39 is 22.5 Å². The summed E-state index contributed by atoms with van der Waals surface area (Å²) in [5.41, 5.74) is 0. The smallest absolute Gasteiger partial charge is 0.318 e. The van der Waals surface area contributed by atoms with Gasteiger partial charge >= 0.3 is 5.97 Å². The number of carboxylic acids is 1. The van der Waals surface area contributed by atoms with Crippen molar-refractivity contribution in [3.05, 3.63) is 14.7 Å². The molecule has 0 saturated heterocycles. The van der Waals surface area contributed by atoms with E-state index >= 15 is 0 Å². The Morgan fingerprint density at radius 3 is 2.56 bits per heavy atom. The fourth-order valence-corrected chi connectivity index (χ4v) is 4.63. The van der Waals surface area contributed by atoms with Gasteiger partial charge in [-0.15, -0.1) is 11.3 Å². The van der Waals surface area contributed by atoms with Crippen molar-refractivity contribution in [1.29, 1.82) is 0 Å². The van der Waals surface area contributed by atoms with Crippen molar-refractivity contribution in [2.45, 2.75) is 11.8 Å². The molecule has 0 aliphatic rings. The number of hydrogen-bond acceptors (Lipinski definition) is 4. The Morgan fingerprint density at radius 1 is 1.62 bits per heavy atom. The van der Waals surface area contributed by atoms with Gasteiger partial charge in [-0.25, -0.2) is 8.42 Å². The molecule has 90 valence electrons. The van der Waals surface area contributed by atoms with Gasteiger partial charge < -0.3 is 5.11 Å². The lowest BCUT2D eigenvalue weighted by Gasteiger charge is -2.14. The summed E-state index contributed by atoms with van der Waals surface area (Å²) < 4.78 is 25.4. The van der Waals surface area contributed by atoms with Gasteiger partial charge in [0.25, 0.3) is 0 Å². The Balaban J connectivity index is 3.11. The first kappa shape index (κ1) is 13.6. The number of sulfonamides is 1. The molecule has 0 aliphatic carbocycles. The molecule has 0 amide bonds. The minimum Gasteiger partial charge on any atom is -0.480 e. The molecule has 0 atom stereocenters. The van der Waals surface area contributed by atoms with E-state index in [0.717, 1.165) is 4.31 Å². The molecule has 0 bridgehead atoms. The Labute approximate surface area is 106 Å². The summed E-state index contributed by atoms with van der Waals surface area (Å²) in [6.07, 6.45) is 0. The average Bonchev–Trinajstić information content (AvgIpc) is 2.44. The van der Waals surface area contributed by atoms with Crippen LogP contribution in [0, 0.1) is 6.92 Å². The number of likely N-dealkylation sites (N-methyl/N-ethyl adjacent to an activating group) is 1. The highest BCUT2D eigenvalue weighted by Crippen LogP contribution is 2.30. The van der Waals surface area contributed by atoms with Gasteiger partial charge in [0.2, 0.25) is 10.0 Å². The van der Waals surface area contributed by atoms with E-state index in [0.29, 0.717) is 8.66 Å². The van der Waals surface area contributed by atoms with Gasteiger partial charge in [-0.1, -0.05) is 0 Å². The van der Waals surface area contributed by atoms with Crippen LogP contribution in [0.1, 0.15) is 4.88 Å². The third kappa shape index (κ3) is 2.82. The van der Waals surface area contributed by atoms with Crippen molar-refractivity contribution in [3.8, 4) is 0 Å². The lowest BCUT2D eigenvalue weighted by Crippen LogP contribution is -2.32. The fourth-order valence-electron chi connectivity index (χ4n) is 1.13. The van der Waals surface area contributed by atoms with Crippen molar-refractivity contribution >= 4 is 43.3 Å². The van der Waals surface area contributed by atoms with Crippen molar-refractivity contribution in [2.24, 2.45) is 0 Å². The molecule has 0 spiro atoms. The summed E-state index contributed by atoms with van der Waals surface area (Å²) in [7, 11) is -2.47. The van der Waals surface area contributed by atoms with Crippen LogP contribution in [0.15, 0.2) is 14.7 Å². The zero-order chi connectivity index (χ0) is 12.5. The van der Waals surface area contributed by atoms with Gasteiger partial charge in [0.05, 0.1) is 8.68 Å². The zero-order valence-electron chi connectivity index (χ0n) is 8.60. The van der Waals surface area contributed by atoms with Crippen LogP contribution in [0.25, 0.3) is 0 Å². The first-order valence-corrected chi connectivity index (χ1v) is 7.24. The number of hydrogen-bond donors (Lipinski definition) is 1. The number of aliphatic carboxylic acids is 1. The Bertz CT molecular complexity index is 508. The maximum atomic E-state index is 12.0. The molecule has 1 N–H and O–H groups in total. The number of nitrogens with zero attached hydrogens (tertiary/aromatic N) is 1. The minimum absolute atomic E-state index is 0.146. The molecular formula is C8H10BrNO4S2. The van der Waals surface area contributed by atoms with E-state index in [9.17, 15) is 13.2 Å². The van der Waals surface area contributed by atoms with Crippen molar-refractivity contribution in [1.82, 2.24) is 4.31 Å². The molecule has 1 aromatic heterocycles. The topological polar surface area (TPSA) is 74.7 Å². The number of carboxylic acid groups (broad SMARTS) is 1. The largest absolute Gasteiger partial charge is 0.480 e. The third-order valence-corrected chi connectivity index (χ3v) is 5.50. The van der Waals surface area contributed by atoms with Crippen LogP contribution < -0.4 is 0 Å². The quantitative estimate of drug-likeness (QED) is 0.909. The second kappa shape index (κ2) is 4.82. The molecule has 1 aromatic rings. The normalized spacial score (nSPS) is 12.0. The number of carbonyl (C=O) groups is 1. The summed E-state index contributed by atoms with van der Waals surface area (Å²) in [6, 6.07) is 1.48. The SMILES string of the molecule is Cc1sc(Br)cc1S(=O)(=O)N(C)CC(=O)O. The highest BCUT2D eigenvalue weighted by molar-refractivity contribution is 9.11. The number of rotatable bonds is 4. The minimum atomic E-state index is -3.71. The molecule has 0 aromatic carbocycles. The predicted octanol–water partition coefficient (Wildman–Crippen LogP) is 1.52. The van der Waals surface area contributed by atoms with Crippen LogP contribution >= 0.6 is 27.3 Å². The second-order valence-electron chi connectivity index (χ2n) is 3.13. The highest BCUT2D eigenvalue weighted by atomic mass is 79.9. The summed E-state index contributed by atoms with van der Waals surface area (Å²) in [5, 5.41) is 8.56. The number of thiophene rings is 1. The zero-order valence-corrected chi connectivity index (χ0v) is 11.8. The monoisotopic (exact) mass is 327 g/mol. The summed E-state index contributed by atoms with van der Waals surface area (Å²) >= 11 is 4.49. The molecule has 5 nitrogen and oxygen atoms in total. The predicted molar refractivity (Wildman–Crippen MR) is 64.2 cm³/mol. The van der Waals surface area contributed by atoms with Crippen molar-refractivity contribution in [3.63, 3.8) is 0 Å². The van der Waals surface area contributed by atoms with Gasteiger partial charge in [-0.3, -0.25) is 4.79 Å². The van der Waals surface area contributed by atoms with E-state index in [1.54, 1.807) is 6.92 Å². The molecule has 0 saturated carbocycles. The molecule has 0 aliphatic heterocycles. The van der Waals surface area contributed by atoms with Crippen LogP contribution in [0.2, 0.25) is 0 Å². The maximum Gasteiger partial charge on any atom is 0.318 e. The van der Waals surface area contributed by atoms with E-state index in [2.05, 4.69) is 15.9 Å². The Hall–Kier alpha value is -0.440. The van der Waals surface area contributed by atoms with Crippen LogP contribution in [0.5, 0.6) is 0 Å². The van der Waals surface area contributed by atoms with Crippen LogP contribution in [0.4, 0.5) is 0 Å². The van der Waals surface area contributed by atoms with Crippen LogP contribution in [0.3, 0.4) is 0 Å². The van der Waals surface area contributed by atoms with E-state index in [-0.39, 0.29) is 4.90 Å². The Kier molecular flexibility index (Phi) is 4.11. The molecule has 0 unspecified atom stereocenters. The van der Waals surface area contributed by atoms with Crippen molar-refractivity contribution in [2.75, 3.05) is 13.6 Å². The molecule has 0 fully saturated rings. The molecule has 1 rings (SSSR count). The highest BCUT2D eigenvalue weighted by Gasteiger charge is 2.25. The molecule has 1 heterocycles. The standard InChI is InChI=1S/C8H10BrNO4S2/c1-5-6(3-7(9)15-5)16(13,14)10(2)4-8(11)12/h3H,4H2,1-2H3,(H,11,12). The number of aryl methyl sites for hydroxylation is 1. The Morgan fingerprint density at radius 2 is 2.19 bits per heavy atom. The van der Waals surface area contributed by atoms with Gasteiger partial charge in [0.15, 0.2) is 0 Å². The first-order valence-electron chi connectivity index (χ1n) is 4.19. The lowest BCUT2D eigenvalue weighted by atomic mass is 10.5. The first-order chi connectivity index (χ1) is 7.25. The lowest BCUT2D eigenvalue weighted by molar-refractivity contribution is -0.137. The number of halogens is 1. The van der Waals surface area contributed by atoms with Gasteiger partial charge in [-0.2, -0.15) is 4.31 Å². The average molecular weight is 328 g/mol. The van der Waals surface area contributed by atoms with Crippen LogP contribution in [-0.2, 0) is 14.8 Å². The van der Waals surface area contributed by atoms with Crippen LogP contribution in [-0.4, -0.2) is 37.4 Å². The van der Waals surface area contributed by atoms with Gasteiger partial charge in [0.1, 0.15) is 6.54 Å². The van der Waals surface area contributed by atoms with E-state index in [1.165, 1.54) is 24.5 Å². The van der Waals surface area contributed by atoms with Gasteiger partial charge in [0, 0.05) is 11.9 Å². The fraction of sp³-hybridized carbons (Fsp3) is 0.375. The van der Waals surface area contributed by atoms with E-state index in [4.69, 9.17) is 5.11 Å². The van der Waals surface area contributed by atoms with Gasteiger partial charge in [-0.05, 0) is 28.9 Å². The van der Waals surface area contributed by atoms with Crippen molar-refractivity contribution < 1.29 is 18.3 Å². The molecule has 16 heavy (non-hydrogen) atoms. The molecule has 0 radical (unpaired) electrons. The summed E-state index contributed by atoms with van der Waals surface area (Å²) in [6.45, 7) is 1.13. The molecule has 8 heteroatoms. The van der Waals surface area contributed by atoms with E-state index in [1.807, 2.05) is 0 Å². The molecular weight excluding hydrogens is 318 g/mol.